The van der Waals surface area contributed by atoms with Gasteiger partial charge in [0.15, 0.2) is 0 Å². The van der Waals surface area contributed by atoms with Crippen LogP contribution in [0.3, 0.4) is 0 Å². The number of hydrogen-bond acceptors (Lipinski definition) is 3. The molecular formula is C8H9BN2O2. The molecule has 2 aromatic rings. The zero-order valence-corrected chi connectivity index (χ0v) is 7.18. The van der Waals surface area contributed by atoms with Crippen LogP contribution < -0.4 is 5.46 Å². The summed E-state index contributed by atoms with van der Waals surface area (Å²) in [5.74, 6) is 0. The molecule has 2 N–H and O–H groups in total. The van der Waals surface area contributed by atoms with Crippen LogP contribution in [-0.4, -0.2) is 26.7 Å². The quantitative estimate of drug-likeness (QED) is 0.562. The molecule has 2 aromatic heterocycles. The second-order valence-electron chi connectivity index (χ2n) is 2.96. The summed E-state index contributed by atoms with van der Waals surface area (Å²) < 4.78 is 1.82. The Balaban J connectivity index is 2.78. The highest BCUT2D eigenvalue weighted by Gasteiger charge is 2.17. The van der Waals surface area contributed by atoms with Gasteiger partial charge in [-0.05, 0) is 6.07 Å². The molecular weight excluding hydrogens is 167 g/mol. The zero-order chi connectivity index (χ0) is 9.42. The van der Waals surface area contributed by atoms with E-state index in [4.69, 9.17) is 10.0 Å². The molecule has 0 aromatic carbocycles. The minimum absolute atomic E-state index is 0.514. The Morgan fingerprint density at radius 1 is 1.46 bits per heavy atom. The lowest BCUT2D eigenvalue weighted by atomic mass is 9.80. The van der Waals surface area contributed by atoms with Gasteiger partial charge in [0.05, 0.1) is 11.7 Å². The molecule has 0 saturated carbocycles. The fourth-order valence-electron chi connectivity index (χ4n) is 1.46. The second-order valence-corrected chi connectivity index (χ2v) is 2.96. The lowest BCUT2D eigenvalue weighted by Gasteiger charge is -1.94. The Labute approximate surface area is 75.6 Å². The van der Waals surface area contributed by atoms with E-state index in [0.29, 0.717) is 5.46 Å². The number of aromatic nitrogens is 2. The van der Waals surface area contributed by atoms with Crippen LogP contribution in [0.1, 0.15) is 0 Å². The van der Waals surface area contributed by atoms with Gasteiger partial charge in [-0.3, -0.25) is 4.98 Å². The molecule has 2 heterocycles. The van der Waals surface area contributed by atoms with Gasteiger partial charge in [0.2, 0.25) is 0 Å². The Bertz CT molecular complexity index is 439. The number of hydrogen-bond donors (Lipinski definition) is 2. The predicted octanol–water partition coefficient (Wildman–Crippen LogP) is -0.747. The lowest BCUT2D eigenvalue weighted by Crippen LogP contribution is -2.29. The molecule has 0 amide bonds. The minimum Gasteiger partial charge on any atom is -0.423 e. The molecule has 0 aliphatic heterocycles. The largest absolute Gasteiger partial charge is 0.490 e. The Morgan fingerprint density at radius 2 is 2.23 bits per heavy atom. The first-order valence-electron chi connectivity index (χ1n) is 3.95. The maximum Gasteiger partial charge on any atom is 0.490 e. The van der Waals surface area contributed by atoms with E-state index in [1.54, 1.807) is 24.7 Å². The van der Waals surface area contributed by atoms with Gasteiger partial charge < -0.3 is 14.6 Å². The molecule has 0 unspecified atom stereocenters. The number of fused-ring (bicyclic) bond motifs is 1. The summed E-state index contributed by atoms with van der Waals surface area (Å²) in [6.45, 7) is 0. The van der Waals surface area contributed by atoms with Gasteiger partial charge in [-0.1, -0.05) is 0 Å². The van der Waals surface area contributed by atoms with Gasteiger partial charge in [0.1, 0.15) is 0 Å². The monoisotopic (exact) mass is 176 g/mol. The third kappa shape index (κ3) is 1.22. The summed E-state index contributed by atoms with van der Waals surface area (Å²) in [5.41, 5.74) is 1.41. The van der Waals surface area contributed by atoms with Crippen LogP contribution in [-0.2, 0) is 7.05 Å². The molecule has 0 saturated heterocycles. The molecule has 0 atom stereocenters. The summed E-state index contributed by atoms with van der Waals surface area (Å²) in [6.07, 6.45) is 5.02. The van der Waals surface area contributed by atoms with E-state index in [2.05, 4.69) is 4.98 Å². The molecule has 0 spiro atoms. The maximum absolute atomic E-state index is 9.06. The van der Waals surface area contributed by atoms with E-state index in [0.717, 1.165) is 10.9 Å². The van der Waals surface area contributed by atoms with Gasteiger partial charge in [-0.25, -0.2) is 0 Å². The highest BCUT2D eigenvalue weighted by Crippen LogP contribution is 2.10. The van der Waals surface area contributed by atoms with Crippen molar-refractivity contribution >= 4 is 23.5 Å². The third-order valence-corrected chi connectivity index (χ3v) is 2.10. The first-order valence-corrected chi connectivity index (χ1v) is 3.95. The van der Waals surface area contributed by atoms with E-state index in [1.807, 2.05) is 11.6 Å². The summed E-state index contributed by atoms with van der Waals surface area (Å²) in [6, 6.07) is 1.77. The van der Waals surface area contributed by atoms with Crippen LogP contribution in [0.15, 0.2) is 24.7 Å². The van der Waals surface area contributed by atoms with Crippen molar-refractivity contribution in [1.82, 2.24) is 9.55 Å². The first-order chi connectivity index (χ1) is 6.20. The fourth-order valence-corrected chi connectivity index (χ4v) is 1.46. The van der Waals surface area contributed by atoms with E-state index >= 15 is 0 Å². The Kier molecular flexibility index (Phi) is 1.83. The van der Waals surface area contributed by atoms with E-state index in [1.165, 1.54) is 0 Å². The summed E-state index contributed by atoms with van der Waals surface area (Å²) in [4.78, 5) is 3.96. The normalized spacial score (nSPS) is 10.7. The molecule has 2 rings (SSSR count). The van der Waals surface area contributed by atoms with Crippen LogP contribution in [0.5, 0.6) is 0 Å². The predicted molar refractivity (Wildman–Crippen MR) is 50.5 cm³/mol. The smallest absolute Gasteiger partial charge is 0.423 e. The zero-order valence-electron chi connectivity index (χ0n) is 7.18. The Morgan fingerprint density at radius 3 is 2.92 bits per heavy atom. The molecule has 66 valence electrons. The van der Waals surface area contributed by atoms with Crippen molar-refractivity contribution in [3.8, 4) is 0 Å². The molecule has 0 aliphatic carbocycles. The fraction of sp³-hybridized carbons (Fsp3) is 0.125. The molecule has 0 bridgehead atoms. The number of aryl methyl sites for hydroxylation is 1. The minimum atomic E-state index is -1.42. The first kappa shape index (κ1) is 8.28. The van der Waals surface area contributed by atoms with E-state index < -0.39 is 7.12 Å². The topological polar surface area (TPSA) is 58.3 Å². The summed E-state index contributed by atoms with van der Waals surface area (Å²) in [7, 11) is 0.418. The van der Waals surface area contributed by atoms with Crippen molar-refractivity contribution < 1.29 is 10.0 Å². The van der Waals surface area contributed by atoms with Crippen LogP contribution in [0.4, 0.5) is 0 Å². The number of nitrogens with zero attached hydrogens (tertiary/aromatic N) is 2. The highest BCUT2D eigenvalue weighted by atomic mass is 16.4. The molecule has 0 aliphatic rings. The van der Waals surface area contributed by atoms with Gasteiger partial charge in [0.25, 0.3) is 0 Å². The van der Waals surface area contributed by atoms with E-state index in [9.17, 15) is 0 Å². The van der Waals surface area contributed by atoms with Crippen molar-refractivity contribution in [2.24, 2.45) is 7.05 Å². The van der Waals surface area contributed by atoms with Crippen molar-refractivity contribution in [2.75, 3.05) is 0 Å². The number of pyridine rings is 1. The van der Waals surface area contributed by atoms with Crippen molar-refractivity contribution in [3.05, 3.63) is 24.7 Å². The van der Waals surface area contributed by atoms with Gasteiger partial charge in [-0.15, -0.1) is 0 Å². The van der Waals surface area contributed by atoms with Crippen LogP contribution >= 0.6 is 0 Å². The molecule has 0 radical (unpaired) electrons. The SMILES string of the molecule is Cn1cc(B(O)O)c2ccncc21. The second kappa shape index (κ2) is 2.87. The van der Waals surface area contributed by atoms with Crippen LogP contribution in [0.25, 0.3) is 10.9 Å². The molecule has 0 fully saturated rings. The molecule has 5 heteroatoms. The summed E-state index contributed by atoms with van der Waals surface area (Å²) in [5, 5.41) is 18.9. The average molecular weight is 176 g/mol. The van der Waals surface area contributed by atoms with Gasteiger partial charge in [0, 0.05) is 30.3 Å². The lowest BCUT2D eigenvalue weighted by molar-refractivity contribution is 0.426. The van der Waals surface area contributed by atoms with Crippen LogP contribution in [0.2, 0.25) is 0 Å². The third-order valence-electron chi connectivity index (χ3n) is 2.10. The number of rotatable bonds is 1. The standard InChI is InChI=1S/C8H9BN2O2/c1-11-5-7(9(12)13)6-2-3-10-4-8(6)11/h2-5,12-13H,1H3. The van der Waals surface area contributed by atoms with Crippen LogP contribution in [0, 0.1) is 0 Å². The van der Waals surface area contributed by atoms with Crippen molar-refractivity contribution in [3.63, 3.8) is 0 Å². The van der Waals surface area contributed by atoms with Crippen molar-refractivity contribution in [1.29, 1.82) is 0 Å². The van der Waals surface area contributed by atoms with E-state index in [-0.39, 0.29) is 0 Å². The highest BCUT2D eigenvalue weighted by molar-refractivity contribution is 6.62. The maximum atomic E-state index is 9.06. The Hall–Kier alpha value is -1.33. The van der Waals surface area contributed by atoms with Gasteiger partial charge >= 0.3 is 7.12 Å². The van der Waals surface area contributed by atoms with Crippen molar-refractivity contribution in [2.45, 2.75) is 0 Å². The molecule has 4 nitrogen and oxygen atoms in total. The molecule has 13 heavy (non-hydrogen) atoms. The van der Waals surface area contributed by atoms with Gasteiger partial charge in [-0.2, -0.15) is 0 Å². The summed E-state index contributed by atoms with van der Waals surface area (Å²) >= 11 is 0. The average Bonchev–Trinajstić information content (AvgIpc) is 2.45.